The number of halogens is 4. The molecule has 0 radical (unpaired) electrons. The maximum Gasteiger partial charge on any atom is 0.142 e. The molecule has 1 aromatic carbocycles. The van der Waals surface area contributed by atoms with E-state index in [0.29, 0.717) is 10.9 Å². The van der Waals surface area contributed by atoms with Gasteiger partial charge >= 0.3 is 0 Å². The van der Waals surface area contributed by atoms with Crippen LogP contribution in [0.4, 0.5) is 4.39 Å². The van der Waals surface area contributed by atoms with Crippen LogP contribution in [0.2, 0.25) is 10.0 Å². The average Bonchev–Trinajstić information content (AvgIpc) is 2.84. The van der Waals surface area contributed by atoms with Crippen LogP contribution in [-0.4, -0.2) is 5.33 Å². The van der Waals surface area contributed by atoms with Crippen LogP contribution >= 0.6 is 39.1 Å². The molecule has 0 heterocycles. The summed E-state index contributed by atoms with van der Waals surface area (Å²) in [6.07, 6.45) is 1.04. The van der Waals surface area contributed by atoms with Crippen molar-refractivity contribution in [2.75, 3.05) is 5.33 Å². The van der Waals surface area contributed by atoms with Crippen molar-refractivity contribution in [3.63, 3.8) is 0 Å². The second-order valence-electron chi connectivity index (χ2n) is 4.22. The molecular formula is C11H10BrCl2F. The highest BCUT2D eigenvalue weighted by Crippen LogP contribution is 2.56. The van der Waals surface area contributed by atoms with Gasteiger partial charge in [-0.05, 0) is 35.4 Å². The fourth-order valence-corrected chi connectivity index (χ4v) is 3.51. The molecule has 0 aliphatic heterocycles. The molecule has 0 nitrogen and oxygen atoms in total. The van der Waals surface area contributed by atoms with E-state index >= 15 is 0 Å². The van der Waals surface area contributed by atoms with Crippen LogP contribution in [-0.2, 0) is 5.41 Å². The molecule has 2 rings (SSSR count). The van der Waals surface area contributed by atoms with E-state index < -0.39 is 5.82 Å². The minimum atomic E-state index is -0.391. The molecule has 0 spiro atoms. The standard InChI is InChI=1S/C11H10BrCl2F/c1-11(4-6(11)5-12)7-2-10(15)9(14)3-8(7)13/h2-3,6H,4-5H2,1H3. The summed E-state index contributed by atoms with van der Waals surface area (Å²) in [5.74, 6) is 0.146. The largest absolute Gasteiger partial charge is 0.205 e. The smallest absolute Gasteiger partial charge is 0.142 e. The van der Waals surface area contributed by atoms with Crippen LogP contribution in [0.25, 0.3) is 0 Å². The molecule has 1 aromatic rings. The molecule has 1 fully saturated rings. The zero-order valence-electron chi connectivity index (χ0n) is 8.16. The zero-order chi connectivity index (χ0) is 11.2. The fraction of sp³-hybridized carbons (Fsp3) is 0.455. The quantitative estimate of drug-likeness (QED) is 0.543. The normalized spacial score (nSPS) is 29.3. The van der Waals surface area contributed by atoms with Crippen LogP contribution in [0.15, 0.2) is 12.1 Å². The van der Waals surface area contributed by atoms with E-state index in [0.717, 1.165) is 17.3 Å². The van der Waals surface area contributed by atoms with Crippen LogP contribution in [0.1, 0.15) is 18.9 Å². The molecule has 2 atom stereocenters. The Morgan fingerprint density at radius 1 is 1.47 bits per heavy atom. The maximum atomic E-state index is 13.3. The molecule has 0 N–H and O–H groups in total. The first-order chi connectivity index (χ1) is 6.99. The first-order valence-electron chi connectivity index (χ1n) is 4.70. The monoisotopic (exact) mass is 310 g/mol. The summed E-state index contributed by atoms with van der Waals surface area (Å²) >= 11 is 15.2. The third-order valence-electron chi connectivity index (χ3n) is 3.22. The van der Waals surface area contributed by atoms with E-state index in [4.69, 9.17) is 23.2 Å². The molecule has 1 aliphatic rings. The van der Waals surface area contributed by atoms with E-state index in [9.17, 15) is 4.39 Å². The highest BCUT2D eigenvalue weighted by Gasteiger charge is 2.51. The molecule has 1 saturated carbocycles. The highest BCUT2D eigenvalue weighted by molar-refractivity contribution is 9.09. The van der Waals surface area contributed by atoms with Gasteiger partial charge in [0.2, 0.25) is 0 Å². The Balaban J connectivity index is 2.42. The van der Waals surface area contributed by atoms with E-state index in [1.165, 1.54) is 12.1 Å². The van der Waals surface area contributed by atoms with Gasteiger partial charge in [0.25, 0.3) is 0 Å². The molecule has 4 heteroatoms. The summed E-state index contributed by atoms with van der Waals surface area (Å²) in [4.78, 5) is 0. The Morgan fingerprint density at radius 2 is 2.13 bits per heavy atom. The number of rotatable bonds is 2. The van der Waals surface area contributed by atoms with Crippen molar-refractivity contribution < 1.29 is 4.39 Å². The molecule has 0 bridgehead atoms. The Labute approximate surface area is 107 Å². The number of alkyl halides is 1. The Morgan fingerprint density at radius 3 is 2.67 bits per heavy atom. The lowest BCUT2D eigenvalue weighted by molar-refractivity contribution is 0.617. The third kappa shape index (κ3) is 1.92. The fourth-order valence-electron chi connectivity index (χ4n) is 1.97. The molecule has 0 aromatic heterocycles. The second kappa shape index (κ2) is 3.90. The molecule has 0 saturated heterocycles. The van der Waals surface area contributed by atoms with E-state index in [1.807, 2.05) is 0 Å². The first kappa shape index (κ1) is 11.7. The Hall–Kier alpha value is 0.210. The van der Waals surface area contributed by atoms with Crippen LogP contribution in [0.5, 0.6) is 0 Å². The summed E-state index contributed by atoms with van der Waals surface area (Å²) in [5.41, 5.74) is 0.877. The molecular weight excluding hydrogens is 302 g/mol. The van der Waals surface area contributed by atoms with E-state index in [2.05, 4.69) is 22.9 Å². The van der Waals surface area contributed by atoms with Crippen molar-refractivity contribution in [1.29, 1.82) is 0 Å². The van der Waals surface area contributed by atoms with Gasteiger partial charge in [0.05, 0.1) is 5.02 Å². The van der Waals surface area contributed by atoms with E-state index in [-0.39, 0.29) is 10.4 Å². The van der Waals surface area contributed by atoms with Crippen molar-refractivity contribution in [3.05, 3.63) is 33.6 Å². The van der Waals surface area contributed by atoms with Gasteiger partial charge in [-0.2, -0.15) is 0 Å². The maximum absolute atomic E-state index is 13.3. The third-order valence-corrected chi connectivity index (χ3v) is 4.61. The minimum absolute atomic E-state index is 0.00596. The van der Waals surface area contributed by atoms with Crippen LogP contribution in [0.3, 0.4) is 0 Å². The van der Waals surface area contributed by atoms with Gasteiger partial charge in [-0.15, -0.1) is 0 Å². The molecule has 15 heavy (non-hydrogen) atoms. The van der Waals surface area contributed by atoms with E-state index in [1.54, 1.807) is 0 Å². The predicted molar refractivity (Wildman–Crippen MR) is 65.7 cm³/mol. The lowest BCUT2D eigenvalue weighted by Crippen LogP contribution is -2.06. The summed E-state index contributed by atoms with van der Waals surface area (Å²) < 4.78 is 13.3. The Kier molecular flexibility index (Phi) is 3.04. The van der Waals surface area contributed by atoms with Crippen molar-refractivity contribution in [2.45, 2.75) is 18.8 Å². The summed E-state index contributed by atoms with van der Waals surface area (Å²) in [6.45, 7) is 2.10. The van der Waals surface area contributed by atoms with Gasteiger partial charge in [-0.25, -0.2) is 4.39 Å². The Bertz CT molecular complexity index is 408. The zero-order valence-corrected chi connectivity index (χ0v) is 11.3. The van der Waals surface area contributed by atoms with Gasteiger partial charge in [0.1, 0.15) is 5.82 Å². The highest BCUT2D eigenvalue weighted by atomic mass is 79.9. The van der Waals surface area contributed by atoms with Crippen molar-refractivity contribution in [3.8, 4) is 0 Å². The second-order valence-corrected chi connectivity index (χ2v) is 5.68. The predicted octanol–water partition coefficient (Wildman–Crippen LogP) is 4.81. The lowest BCUT2D eigenvalue weighted by Gasteiger charge is -2.13. The molecule has 2 unspecified atom stereocenters. The number of hydrogen-bond acceptors (Lipinski definition) is 0. The van der Waals surface area contributed by atoms with Crippen molar-refractivity contribution in [2.24, 2.45) is 5.92 Å². The van der Waals surface area contributed by atoms with Crippen LogP contribution < -0.4 is 0 Å². The number of hydrogen-bond donors (Lipinski definition) is 0. The molecule has 1 aliphatic carbocycles. The van der Waals surface area contributed by atoms with Gasteiger partial charge in [-0.1, -0.05) is 46.1 Å². The van der Waals surface area contributed by atoms with Crippen molar-refractivity contribution >= 4 is 39.1 Å². The SMILES string of the molecule is CC1(c2cc(F)c(Cl)cc2Cl)CC1CBr. The lowest BCUT2D eigenvalue weighted by atomic mass is 9.96. The number of benzene rings is 1. The van der Waals surface area contributed by atoms with Crippen molar-refractivity contribution in [1.82, 2.24) is 0 Å². The average molecular weight is 312 g/mol. The topological polar surface area (TPSA) is 0 Å². The minimum Gasteiger partial charge on any atom is -0.205 e. The summed E-state index contributed by atoms with van der Waals surface area (Å²) in [5, 5.41) is 1.57. The van der Waals surface area contributed by atoms with Crippen LogP contribution in [0, 0.1) is 11.7 Å². The van der Waals surface area contributed by atoms with Gasteiger partial charge in [0.15, 0.2) is 0 Å². The molecule has 0 amide bonds. The van der Waals surface area contributed by atoms with Gasteiger partial charge in [0, 0.05) is 10.4 Å². The molecule has 82 valence electrons. The summed E-state index contributed by atoms with van der Waals surface area (Å²) in [6, 6.07) is 2.95. The van der Waals surface area contributed by atoms with Gasteiger partial charge in [-0.3, -0.25) is 0 Å². The summed E-state index contributed by atoms with van der Waals surface area (Å²) in [7, 11) is 0. The first-order valence-corrected chi connectivity index (χ1v) is 6.58. The van der Waals surface area contributed by atoms with Gasteiger partial charge < -0.3 is 0 Å².